The van der Waals surface area contributed by atoms with Crippen molar-refractivity contribution in [3.63, 3.8) is 0 Å². The van der Waals surface area contributed by atoms with Gasteiger partial charge in [0.25, 0.3) is 5.91 Å². The van der Waals surface area contributed by atoms with Gasteiger partial charge in [-0.25, -0.2) is 4.79 Å². The van der Waals surface area contributed by atoms with Crippen molar-refractivity contribution in [1.82, 2.24) is 4.98 Å². The zero-order valence-corrected chi connectivity index (χ0v) is 17.5. The Bertz CT molecular complexity index is 1010. The first kappa shape index (κ1) is 21.7. The Morgan fingerprint density at radius 1 is 1.27 bits per heavy atom. The third-order valence-corrected chi connectivity index (χ3v) is 4.86. The van der Waals surface area contributed by atoms with Gasteiger partial charge in [-0.05, 0) is 25.1 Å². The molecule has 3 rings (SSSR count). The fourth-order valence-corrected chi connectivity index (χ4v) is 3.08. The minimum absolute atomic E-state index is 0.0354. The van der Waals surface area contributed by atoms with E-state index in [0.29, 0.717) is 11.5 Å². The van der Waals surface area contributed by atoms with E-state index in [2.05, 4.69) is 15.5 Å². The van der Waals surface area contributed by atoms with Crippen molar-refractivity contribution >= 4 is 46.5 Å². The number of oxime groups is 1. The van der Waals surface area contributed by atoms with E-state index in [0.717, 1.165) is 0 Å². The molecule has 0 bridgehead atoms. The fourth-order valence-electron chi connectivity index (χ4n) is 2.62. The zero-order chi connectivity index (χ0) is 21.9. The molecule has 0 radical (unpaired) electrons. The van der Waals surface area contributed by atoms with Gasteiger partial charge in [0.15, 0.2) is 11.5 Å². The van der Waals surface area contributed by atoms with Crippen molar-refractivity contribution in [2.75, 3.05) is 19.0 Å². The Morgan fingerprint density at radius 2 is 1.97 bits per heavy atom. The molecule has 1 amide bonds. The van der Waals surface area contributed by atoms with Crippen LogP contribution in [0.25, 0.3) is 0 Å². The minimum atomic E-state index is -1.42. The van der Waals surface area contributed by atoms with E-state index in [-0.39, 0.29) is 40.1 Å². The van der Waals surface area contributed by atoms with Gasteiger partial charge in [-0.1, -0.05) is 28.4 Å². The molecule has 1 atom stereocenters. The van der Waals surface area contributed by atoms with Crippen LogP contribution in [0.2, 0.25) is 10.0 Å². The Labute approximate surface area is 181 Å². The van der Waals surface area contributed by atoms with Crippen LogP contribution in [-0.4, -0.2) is 47.0 Å². The maximum Gasteiger partial charge on any atom is 0.351 e. The summed E-state index contributed by atoms with van der Waals surface area (Å²) in [5, 5.41) is 16.0. The molecule has 1 aliphatic heterocycles. The number of benzene rings is 1. The molecule has 1 aromatic heterocycles. The topological polar surface area (TPSA) is 119 Å². The Kier molecular flexibility index (Phi) is 6.33. The molecule has 0 saturated heterocycles. The number of aliphatic carboxylic acids is 1. The maximum atomic E-state index is 12.6. The number of hydrogen-bond donors (Lipinski definition) is 2. The van der Waals surface area contributed by atoms with Gasteiger partial charge in [-0.3, -0.25) is 9.78 Å². The first-order valence-corrected chi connectivity index (χ1v) is 9.37. The van der Waals surface area contributed by atoms with Gasteiger partial charge in [0.05, 0.1) is 28.6 Å². The predicted molar refractivity (Wildman–Crippen MR) is 110 cm³/mol. The lowest BCUT2D eigenvalue weighted by Crippen LogP contribution is -2.35. The smallest absolute Gasteiger partial charge is 0.351 e. The predicted octanol–water partition coefficient (Wildman–Crippen LogP) is 3.65. The molecule has 1 aliphatic rings. The summed E-state index contributed by atoms with van der Waals surface area (Å²) < 4.78 is 11.0. The molecule has 1 unspecified atom stereocenters. The van der Waals surface area contributed by atoms with Crippen LogP contribution in [0.1, 0.15) is 23.7 Å². The van der Waals surface area contributed by atoms with E-state index in [1.54, 1.807) is 12.1 Å². The number of methoxy groups -OCH3 is 1. The van der Waals surface area contributed by atoms with Gasteiger partial charge in [0.1, 0.15) is 6.61 Å². The van der Waals surface area contributed by atoms with Crippen LogP contribution >= 0.6 is 23.2 Å². The molecule has 158 valence electrons. The number of hydrogen-bond acceptors (Lipinski definition) is 7. The number of anilines is 1. The molecule has 11 heteroatoms. The summed E-state index contributed by atoms with van der Waals surface area (Å²) in [6.45, 7) is 1.39. The Hall–Kier alpha value is -3.04. The first-order chi connectivity index (χ1) is 14.2. The van der Waals surface area contributed by atoms with E-state index < -0.39 is 17.5 Å². The third-order valence-electron chi connectivity index (χ3n) is 4.28. The molecule has 30 heavy (non-hydrogen) atoms. The molecule has 1 aromatic carbocycles. The number of rotatable bonds is 7. The number of pyridine rings is 1. The third kappa shape index (κ3) is 4.58. The molecule has 0 aliphatic carbocycles. The van der Waals surface area contributed by atoms with Crippen LogP contribution in [0.5, 0.6) is 11.5 Å². The average molecular weight is 454 g/mol. The summed E-state index contributed by atoms with van der Waals surface area (Å²) in [5.41, 5.74) is -0.517. The highest BCUT2D eigenvalue weighted by atomic mass is 35.5. The van der Waals surface area contributed by atoms with Gasteiger partial charge in [-0.15, -0.1) is 0 Å². The average Bonchev–Trinajstić information content (AvgIpc) is 3.11. The van der Waals surface area contributed by atoms with Crippen LogP contribution in [-0.2, 0) is 9.63 Å². The number of halogens is 2. The monoisotopic (exact) mass is 453 g/mol. The molecular formula is C19H17Cl2N3O6. The highest BCUT2D eigenvalue weighted by Crippen LogP contribution is 2.32. The van der Waals surface area contributed by atoms with E-state index in [1.165, 1.54) is 32.5 Å². The molecule has 0 saturated carbocycles. The number of amides is 1. The summed E-state index contributed by atoms with van der Waals surface area (Å²) in [6.07, 6.45) is 2.80. The van der Waals surface area contributed by atoms with E-state index in [4.69, 9.17) is 37.5 Å². The number of carboxylic acid groups (broad SMARTS) is 1. The lowest BCUT2D eigenvalue weighted by molar-refractivity contribution is -0.160. The number of carboxylic acids is 1. The molecule has 2 N–H and O–H groups in total. The normalized spacial score (nSPS) is 17.7. The number of carbonyl (C=O) groups excluding carboxylic acids is 1. The minimum Gasteiger partial charge on any atom is -0.493 e. The number of nitrogens with one attached hydrogen (secondary N) is 1. The van der Waals surface area contributed by atoms with Crippen molar-refractivity contribution in [2.24, 2.45) is 5.16 Å². The van der Waals surface area contributed by atoms with Gasteiger partial charge >= 0.3 is 5.97 Å². The van der Waals surface area contributed by atoms with Crippen molar-refractivity contribution in [1.29, 1.82) is 0 Å². The molecule has 9 nitrogen and oxygen atoms in total. The van der Waals surface area contributed by atoms with Gasteiger partial charge in [0, 0.05) is 24.4 Å². The second kappa shape index (κ2) is 8.76. The Morgan fingerprint density at radius 3 is 2.57 bits per heavy atom. The molecule has 0 spiro atoms. The summed E-state index contributed by atoms with van der Waals surface area (Å²) in [4.78, 5) is 32.7. The molecular weight excluding hydrogens is 437 g/mol. The van der Waals surface area contributed by atoms with Crippen LogP contribution in [0.3, 0.4) is 0 Å². The molecule has 0 fully saturated rings. The van der Waals surface area contributed by atoms with Crippen LogP contribution in [0, 0.1) is 0 Å². The van der Waals surface area contributed by atoms with E-state index in [9.17, 15) is 14.7 Å². The standard InChI is InChI=1S/C19H17Cl2N3O6/c1-19(18(26)27)6-11(24-30-19)9-29-15-5-10(3-4-14(15)28-2)17(25)23-16-12(20)7-22-8-13(16)21/h3-5,7-8H,6,9H2,1-2H3,(H,26,27)(H,22,23,25). The number of nitrogens with zero attached hydrogens (tertiary/aromatic N) is 2. The number of ether oxygens (including phenoxy) is 2. The quantitative estimate of drug-likeness (QED) is 0.656. The molecule has 2 aromatic rings. The first-order valence-electron chi connectivity index (χ1n) is 8.62. The molecule has 2 heterocycles. The summed E-state index contributed by atoms with van der Waals surface area (Å²) >= 11 is 12.1. The SMILES string of the molecule is COc1ccc(C(=O)Nc2c(Cl)cncc2Cl)cc1OCC1=NOC(C)(C(=O)O)C1. The van der Waals surface area contributed by atoms with Crippen LogP contribution in [0.4, 0.5) is 5.69 Å². The van der Waals surface area contributed by atoms with Crippen molar-refractivity contribution in [2.45, 2.75) is 18.9 Å². The van der Waals surface area contributed by atoms with Crippen molar-refractivity contribution in [3.8, 4) is 11.5 Å². The number of aromatic nitrogens is 1. The van der Waals surface area contributed by atoms with Gasteiger partial charge in [0.2, 0.25) is 5.60 Å². The van der Waals surface area contributed by atoms with Gasteiger partial charge in [-0.2, -0.15) is 0 Å². The Balaban J connectivity index is 1.74. The second-order valence-electron chi connectivity index (χ2n) is 6.55. The van der Waals surface area contributed by atoms with Crippen LogP contribution in [0.15, 0.2) is 35.7 Å². The van der Waals surface area contributed by atoms with Crippen molar-refractivity contribution < 1.29 is 29.0 Å². The lowest BCUT2D eigenvalue weighted by Gasteiger charge is -2.15. The maximum absolute atomic E-state index is 12.6. The van der Waals surface area contributed by atoms with Crippen molar-refractivity contribution in [3.05, 3.63) is 46.2 Å². The fraction of sp³-hybridized carbons (Fsp3) is 0.263. The zero-order valence-electron chi connectivity index (χ0n) is 15.9. The number of carbonyl (C=O) groups is 2. The summed E-state index contributed by atoms with van der Waals surface area (Å²) in [5.74, 6) is -0.945. The largest absolute Gasteiger partial charge is 0.493 e. The lowest BCUT2D eigenvalue weighted by atomic mass is 10.0. The summed E-state index contributed by atoms with van der Waals surface area (Å²) in [7, 11) is 1.45. The van der Waals surface area contributed by atoms with Gasteiger partial charge < -0.3 is 24.7 Å². The van der Waals surface area contributed by atoms with E-state index in [1.807, 2.05) is 0 Å². The highest BCUT2D eigenvalue weighted by Gasteiger charge is 2.42. The van der Waals surface area contributed by atoms with E-state index >= 15 is 0 Å². The van der Waals surface area contributed by atoms with Crippen LogP contribution < -0.4 is 14.8 Å². The highest BCUT2D eigenvalue weighted by molar-refractivity contribution is 6.39. The second-order valence-corrected chi connectivity index (χ2v) is 7.36. The summed E-state index contributed by atoms with van der Waals surface area (Å²) in [6, 6.07) is 4.58.